The van der Waals surface area contributed by atoms with Crippen LogP contribution in [0, 0.1) is 10.1 Å². The van der Waals surface area contributed by atoms with E-state index in [0.717, 1.165) is 19.1 Å². The largest absolute Gasteiger partial charge is 0.490 e. The molecule has 0 heterocycles. The maximum absolute atomic E-state index is 10.9. The van der Waals surface area contributed by atoms with E-state index in [-0.39, 0.29) is 22.7 Å². The molecule has 0 spiro atoms. The third-order valence-electron chi connectivity index (χ3n) is 2.25. The Hall–Kier alpha value is -2.90. The third-order valence-corrected chi connectivity index (χ3v) is 2.25. The normalized spacial score (nSPS) is 10.8. The molecule has 0 aliphatic heterocycles. The molecule has 0 aliphatic carbocycles. The van der Waals surface area contributed by atoms with Gasteiger partial charge in [-0.2, -0.15) is 0 Å². The molecule has 1 aromatic carbocycles. The minimum Gasteiger partial charge on any atom is -0.490 e. The Labute approximate surface area is 113 Å². The van der Waals surface area contributed by atoms with Gasteiger partial charge >= 0.3 is 11.7 Å². The van der Waals surface area contributed by atoms with Crippen LogP contribution in [0.5, 0.6) is 5.75 Å². The fourth-order valence-electron chi connectivity index (χ4n) is 1.45. The number of nitrogens with zero attached hydrogens (tertiary/aromatic N) is 1. The SMILES string of the molecule is COc1ccc(/C=C(/NC(C)=O)C(=O)O)cc1[N+](=O)[O-]. The van der Waals surface area contributed by atoms with Crippen molar-refractivity contribution < 1.29 is 24.4 Å². The van der Waals surface area contributed by atoms with Gasteiger partial charge in [0.25, 0.3) is 0 Å². The molecule has 0 fully saturated rings. The quantitative estimate of drug-likeness (QED) is 0.474. The molecule has 1 rings (SSSR count). The van der Waals surface area contributed by atoms with Crippen LogP contribution >= 0.6 is 0 Å². The molecule has 0 unspecified atom stereocenters. The number of ether oxygens (including phenoxy) is 1. The highest BCUT2D eigenvalue weighted by Crippen LogP contribution is 2.28. The number of carbonyl (C=O) groups excluding carboxylic acids is 1. The van der Waals surface area contributed by atoms with Crippen molar-refractivity contribution in [2.24, 2.45) is 0 Å². The Morgan fingerprint density at radius 3 is 2.55 bits per heavy atom. The summed E-state index contributed by atoms with van der Waals surface area (Å²) in [7, 11) is 1.29. The summed E-state index contributed by atoms with van der Waals surface area (Å²) in [5.74, 6) is -1.84. The first-order valence-corrected chi connectivity index (χ1v) is 5.40. The lowest BCUT2D eigenvalue weighted by molar-refractivity contribution is -0.385. The van der Waals surface area contributed by atoms with Crippen LogP contribution in [-0.2, 0) is 9.59 Å². The molecule has 8 heteroatoms. The van der Waals surface area contributed by atoms with Crippen LogP contribution in [-0.4, -0.2) is 29.0 Å². The minimum atomic E-state index is -1.35. The maximum Gasteiger partial charge on any atom is 0.352 e. The lowest BCUT2D eigenvalue weighted by Gasteiger charge is -2.05. The zero-order chi connectivity index (χ0) is 15.3. The molecular weight excluding hydrogens is 268 g/mol. The number of carbonyl (C=O) groups is 2. The highest BCUT2D eigenvalue weighted by molar-refractivity contribution is 5.96. The van der Waals surface area contributed by atoms with E-state index < -0.39 is 16.8 Å². The first-order chi connectivity index (χ1) is 9.35. The molecule has 1 aromatic rings. The predicted molar refractivity (Wildman–Crippen MR) is 69.1 cm³/mol. The molecule has 0 aliphatic rings. The van der Waals surface area contributed by atoms with Crippen LogP contribution in [0.4, 0.5) is 5.69 Å². The number of methoxy groups -OCH3 is 1. The molecule has 0 atom stereocenters. The van der Waals surface area contributed by atoms with Crippen molar-refractivity contribution in [1.82, 2.24) is 5.32 Å². The van der Waals surface area contributed by atoms with Crippen LogP contribution in [0.15, 0.2) is 23.9 Å². The van der Waals surface area contributed by atoms with Crippen LogP contribution in [0.3, 0.4) is 0 Å². The van der Waals surface area contributed by atoms with E-state index in [0.29, 0.717) is 0 Å². The second kappa shape index (κ2) is 6.32. The van der Waals surface area contributed by atoms with Crippen molar-refractivity contribution >= 4 is 23.6 Å². The van der Waals surface area contributed by atoms with E-state index in [1.54, 1.807) is 0 Å². The summed E-state index contributed by atoms with van der Waals surface area (Å²) < 4.78 is 4.83. The Balaban J connectivity index is 3.25. The van der Waals surface area contributed by atoms with E-state index in [9.17, 15) is 19.7 Å². The van der Waals surface area contributed by atoms with Gasteiger partial charge in [-0.15, -0.1) is 0 Å². The molecule has 0 radical (unpaired) electrons. The van der Waals surface area contributed by atoms with Crippen LogP contribution < -0.4 is 10.1 Å². The predicted octanol–water partition coefficient (Wildman–Crippen LogP) is 1.17. The summed E-state index contributed by atoms with van der Waals surface area (Å²) in [5.41, 5.74) is -0.422. The van der Waals surface area contributed by atoms with Crippen LogP contribution in [0.2, 0.25) is 0 Å². The molecule has 106 valence electrons. The van der Waals surface area contributed by atoms with Gasteiger partial charge in [0.15, 0.2) is 5.75 Å². The zero-order valence-electron chi connectivity index (χ0n) is 10.7. The molecule has 0 saturated heterocycles. The fourth-order valence-corrected chi connectivity index (χ4v) is 1.45. The maximum atomic E-state index is 10.9. The van der Waals surface area contributed by atoms with Gasteiger partial charge in [0.2, 0.25) is 5.91 Å². The standard InChI is InChI=1S/C12H12N2O6/c1-7(15)13-9(12(16)17)5-8-3-4-11(20-2)10(6-8)14(18)19/h3-6H,1-2H3,(H,13,15)(H,16,17)/b9-5+. The molecule has 2 N–H and O–H groups in total. The van der Waals surface area contributed by atoms with Crippen LogP contribution in [0.1, 0.15) is 12.5 Å². The van der Waals surface area contributed by atoms with Gasteiger partial charge in [-0.3, -0.25) is 14.9 Å². The second-order valence-electron chi connectivity index (χ2n) is 3.73. The summed E-state index contributed by atoms with van der Waals surface area (Å²) in [4.78, 5) is 32.0. The molecule has 0 bridgehead atoms. The number of nitro groups is 1. The minimum absolute atomic E-state index is 0.0588. The van der Waals surface area contributed by atoms with Crippen molar-refractivity contribution in [3.05, 3.63) is 39.6 Å². The summed E-state index contributed by atoms with van der Waals surface area (Å²) in [6, 6.07) is 3.94. The number of amides is 1. The van der Waals surface area contributed by atoms with Crippen molar-refractivity contribution in [3.63, 3.8) is 0 Å². The van der Waals surface area contributed by atoms with Gasteiger partial charge in [0.05, 0.1) is 12.0 Å². The number of benzene rings is 1. The molecule has 0 aromatic heterocycles. The number of aliphatic carboxylic acids is 1. The van der Waals surface area contributed by atoms with Gasteiger partial charge < -0.3 is 15.2 Å². The lowest BCUT2D eigenvalue weighted by Crippen LogP contribution is -2.24. The topological polar surface area (TPSA) is 119 Å². The monoisotopic (exact) mass is 280 g/mol. The molecule has 1 amide bonds. The summed E-state index contributed by atoms with van der Waals surface area (Å²) >= 11 is 0. The zero-order valence-corrected chi connectivity index (χ0v) is 10.7. The van der Waals surface area contributed by atoms with Gasteiger partial charge in [-0.25, -0.2) is 4.79 Å². The Kier molecular flexibility index (Phi) is 4.79. The smallest absolute Gasteiger partial charge is 0.352 e. The summed E-state index contributed by atoms with van der Waals surface area (Å²) in [6.45, 7) is 1.16. The number of hydrogen-bond donors (Lipinski definition) is 2. The molecule has 0 saturated carbocycles. The number of hydrogen-bond acceptors (Lipinski definition) is 5. The van der Waals surface area contributed by atoms with Crippen molar-refractivity contribution in [2.75, 3.05) is 7.11 Å². The Bertz CT molecular complexity index is 594. The number of nitrogens with one attached hydrogen (secondary N) is 1. The lowest BCUT2D eigenvalue weighted by atomic mass is 10.1. The third kappa shape index (κ3) is 3.80. The Morgan fingerprint density at radius 2 is 2.10 bits per heavy atom. The number of nitro benzene ring substituents is 1. The van der Waals surface area contributed by atoms with E-state index in [1.807, 2.05) is 0 Å². The Morgan fingerprint density at radius 1 is 1.45 bits per heavy atom. The van der Waals surface area contributed by atoms with E-state index in [2.05, 4.69) is 5.32 Å². The molecule has 8 nitrogen and oxygen atoms in total. The van der Waals surface area contributed by atoms with Crippen molar-refractivity contribution in [2.45, 2.75) is 6.92 Å². The summed E-state index contributed by atoms with van der Waals surface area (Å²) in [6.07, 6.45) is 1.12. The second-order valence-corrected chi connectivity index (χ2v) is 3.73. The van der Waals surface area contributed by atoms with Crippen molar-refractivity contribution in [1.29, 1.82) is 0 Å². The molecular formula is C12H12N2O6. The highest BCUT2D eigenvalue weighted by atomic mass is 16.6. The first kappa shape index (κ1) is 15.2. The van der Waals surface area contributed by atoms with Crippen LogP contribution in [0.25, 0.3) is 6.08 Å². The average molecular weight is 280 g/mol. The van der Waals surface area contributed by atoms with Gasteiger partial charge in [-0.05, 0) is 17.7 Å². The highest BCUT2D eigenvalue weighted by Gasteiger charge is 2.16. The van der Waals surface area contributed by atoms with E-state index >= 15 is 0 Å². The van der Waals surface area contributed by atoms with Gasteiger partial charge in [-0.1, -0.05) is 6.07 Å². The number of carboxylic acid groups (broad SMARTS) is 1. The average Bonchev–Trinajstić information content (AvgIpc) is 2.37. The molecule has 20 heavy (non-hydrogen) atoms. The van der Waals surface area contributed by atoms with E-state index in [1.165, 1.54) is 19.2 Å². The van der Waals surface area contributed by atoms with E-state index in [4.69, 9.17) is 9.84 Å². The first-order valence-electron chi connectivity index (χ1n) is 5.40. The number of rotatable bonds is 5. The fraction of sp³-hybridized carbons (Fsp3) is 0.167. The van der Waals surface area contributed by atoms with Gasteiger partial charge in [0, 0.05) is 13.0 Å². The van der Waals surface area contributed by atoms with Gasteiger partial charge in [0.1, 0.15) is 5.70 Å². The number of carboxylic acids is 1. The summed E-state index contributed by atoms with van der Waals surface area (Å²) in [5, 5.41) is 21.9. The van der Waals surface area contributed by atoms with Crippen molar-refractivity contribution in [3.8, 4) is 5.75 Å².